The van der Waals surface area contributed by atoms with Crippen LogP contribution in [-0.4, -0.2) is 24.3 Å². The minimum absolute atomic E-state index is 0.0452. The Balaban J connectivity index is 1.72. The summed E-state index contributed by atoms with van der Waals surface area (Å²) in [5.41, 5.74) is 5.45. The second-order valence-electron chi connectivity index (χ2n) is 5.90. The fraction of sp³-hybridized carbons (Fsp3) is 0.250. The average molecular weight is 404 g/mol. The van der Waals surface area contributed by atoms with E-state index in [4.69, 9.17) is 16.3 Å². The zero-order valence-electron chi connectivity index (χ0n) is 15.5. The quantitative estimate of drug-likeness (QED) is 0.589. The lowest BCUT2D eigenvalue weighted by molar-refractivity contribution is -0.124. The Bertz CT molecular complexity index is 824. The van der Waals surface area contributed by atoms with E-state index in [1.54, 1.807) is 48.5 Å². The fourth-order valence-corrected chi connectivity index (χ4v) is 2.37. The predicted octanol–water partition coefficient (Wildman–Crippen LogP) is 3.31. The Morgan fingerprint density at radius 3 is 2.29 bits per heavy atom. The molecule has 0 heterocycles. The van der Waals surface area contributed by atoms with Crippen LogP contribution in [0.2, 0.25) is 5.02 Å². The van der Waals surface area contributed by atoms with Crippen LogP contribution < -0.4 is 20.9 Å². The van der Waals surface area contributed by atoms with Gasteiger partial charge in [0.2, 0.25) is 11.8 Å². The summed E-state index contributed by atoms with van der Waals surface area (Å²) in [6.45, 7) is 2.61. The molecule has 2 aromatic carbocycles. The molecule has 0 aliphatic heterocycles. The van der Waals surface area contributed by atoms with Gasteiger partial charge in [0.1, 0.15) is 5.75 Å². The molecule has 0 aliphatic carbocycles. The molecule has 28 heavy (non-hydrogen) atoms. The molecule has 3 amide bonds. The van der Waals surface area contributed by atoms with E-state index >= 15 is 0 Å². The second kappa shape index (κ2) is 10.9. The van der Waals surface area contributed by atoms with Gasteiger partial charge in [-0.05, 0) is 42.8 Å². The van der Waals surface area contributed by atoms with Crippen LogP contribution in [0.15, 0.2) is 48.5 Å². The van der Waals surface area contributed by atoms with Gasteiger partial charge in [0.05, 0.1) is 17.3 Å². The zero-order chi connectivity index (χ0) is 20.4. The molecule has 7 nitrogen and oxygen atoms in total. The molecule has 0 aromatic heterocycles. The van der Waals surface area contributed by atoms with Crippen molar-refractivity contribution in [3.8, 4) is 5.75 Å². The maximum absolute atomic E-state index is 12.0. The van der Waals surface area contributed by atoms with E-state index in [1.807, 2.05) is 6.92 Å². The molecule has 0 atom stereocenters. The number of hydrazine groups is 1. The summed E-state index contributed by atoms with van der Waals surface area (Å²) in [7, 11) is 0. The third kappa shape index (κ3) is 6.92. The smallest absolute Gasteiger partial charge is 0.269 e. The molecule has 0 saturated heterocycles. The number of carbonyl (C=O) groups excluding carboxylic acids is 3. The van der Waals surface area contributed by atoms with E-state index in [0.29, 0.717) is 28.6 Å². The third-order valence-electron chi connectivity index (χ3n) is 3.63. The van der Waals surface area contributed by atoms with Crippen molar-refractivity contribution < 1.29 is 19.1 Å². The summed E-state index contributed by atoms with van der Waals surface area (Å²) in [5.74, 6) is -0.620. The Kier molecular flexibility index (Phi) is 8.30. The van der Waals surface area contributed by atoms with E-state index in [0.717, 1.165) is 6.42 Å². The molecule has 0 radical (unpaired) electrons. The third-order valence-corrected chi connectivity index (χ3v) is 3.96. The molecular formula is C20H22ClN3O4. The molecular weight excluding hydrogens is 382 g/mol. The van der Waals surface area contributed by atoms with Gasteiger partial charge in [0.15, 0.2) is 0 Å². The summed E-state index contributed by atoms with van der Waals surface area (Å²) in [6.07, 6.45) is 0.765. The highest BCUT2D eigenvalue weighted by atomic mass is 35.5. The van der Waals surface area contributed by atoms with Gasteiger partial charge in [-0.25, -0.2) is 0 Å². The van der Waals surface area contributed by atoms with E-state index < -0.39 is 11.8 Å². The molecule has 0 bridgehead atoms. The number of amides is 3. The Labute approximate surface area is 168 Å². The van der Waals surface area contributed by atoms with Crippen molar-refractivity contribution in [3.63, 3.8) is 0 Å². The fourth-order valence-electron chi connectivity index (χ4n) is 2.19. The molecule has 0 unspecified atom stereocenters. The largest absolute Gasteiger partial charge is 0.494 e. The predicted molar refractivity (Wildman–Crippen MR) is 107 cm³/mol. The Hall–Kier alpha value is -3.06. The van der Waals surface area contributed by atoms with E-state index in [9.17, 15) is 14.4 Å². The standard InChI is InChI=1S/C20H22ClN3O4/c1-2-13-28-15-9-7-14(8-10-15)20(27)24-23-19(26)12-11-18(25)22-17-6-4-3-5-16(17)21/h3-10H,2,11-13H2,1H3,(H,22,25)(H,23,26)(H,24,27). The molecule has 148 valence electrons. The van der Waals surface area contributed by atoms with Crippen LogP contribution >= 0.6 is 11.6 Å². The number of halogens is 1. The molecule has 2 rings (SSSR count). The molecule has 0 aliphatic rings. The number of carbonyl (C=O) groups is 3. The first-order valence-corrected chi connectivity index (χ1v) is 9.24. The van der Waals surface area contributed by atoms with Gasteiger partial charge in [-0.15, -0.1) is 0 Å². The lowest BCUT2D eigenvalue weighted by Gasteiger charge is -2.09. The second-order valence-corrected chi connectivity index (χ2v) is 6.31. The van der Waals surface area contributed by atoms with Crippen molar-refractivity contribution in [2.24, 2.45) is 0 Å². The normalized spacial score (nSPS) is 10.1. The number of rotatable bonds is 8. The molecule has 2 aromatic rings. The highest BCUT2D eigenvalue weighted by Crippen LogP contribution is 2.20. The summed E-state index contributed by atoms with van der Waals surface area (Å²) < 4.78 is 5.44. The van der Waals surface area contributed by atoms with Gasteiger partial charge in [0, 0.05) is 18.4 Å². The first-order chi connectivity index (χ1) is 13.5. The molecule has 8 heteroatoms. The van der Waals surface area contributed by atoms with Gasteiger partial charge >= 0.3 is 0 Å². The number of hydrogen-bond donors (Lipinski definition) is 3. The van der Waals surface area contributed by atoms with Crippen molar-refractivity contribution >= 4 is 35.0 Å². The number of nitrogens with one attached hydrogen (secondary N) is 3. The maximum Gasteiger partial charge on any atom is 0.269 e. The van der Waals surface area contributed by atoms with Gasteiger partial charge < -0.3 is 10.1 Å². The lowest BCUT2D eigenvalue weighted by Crippen LogP contribution is -2.41. The van der Waals surface area contributed by atoms with Gasteiger partial charge in [-0.3, -0.25) is 25.2 Å². The van der Waals surface area contributed by atoms with E-state index in [-0.39, 0.29) is 18.7 Å². The van der Waals surface area contributed by atoms with Crippen molar-refractivity contribution in [1.29, 1.82) is 0 Å². The van der Waals surface area contributed by atoms with E-state index in [1.165, 1.54) is 0 Å². The summed E-state index contributed by atoms with van der Waals surface area (Å²) in [6, 6.07) is 13.4. The van der Waals surface area contributed by atoms with Crippen molar-refractivity contribution in [3.05, 3.63) is 59.1 Å². The highest BCUT2D eigenvalue weighted by Gasteiger charge is 2.11. The molecule has 0 saturated carbocycles. The van der Waals surface area contributed by atoms with E-state index in [2.05, 4.69) is 16.2 Å². The van der Waals surface area contributed by atoms with Crippen LogP contribution in [-0.2, 0) is 9.59 Å². The average Bonchev–Trinajstić information content (AvgIpc) is 2.71. The van der Waals surface area contributed by atoms with Crippen molar-refractivity contribution in [2.75, 3.05) is 11.9 Å². The van der Waals surface area contributed by atoms with Crippen LogP contribution in [0.4, 0.5) is 5.69 Å². The van der Waals surface area contributed by atoms with Crippen LogP contribution in [0.3, 0.4) is 0 Å². The minimum Gasteiger partial charge on any atom is -0.494 e. The molecule has 3 N–H and O–H groups in total. The van der Waals surface area contributed by atoms with Gasteiger partial charge in [-0.1, -0.05) is 30.7 Å². The van der Waals surface area contributed by atoms with Crippen LogP contribution in [0.5, 0.6) is 5.75 Å². The topological polar surface area (TPSA) is 96.5 Å². The molecule has 0 spiro atoms. The first-order valence-electron chi connectivity index (χ1n) is 8.86. The summed E-state index contributed by atoms with van der Waals surface area (Å²) in [4.78, 5) is 35.7. The van der Waals surface area contributed by atoms with Crippen LogP contribution in [0.25, 0.3) is 0 Å². The van der Waals surface area contributed by atoms with Crippen LogP contribution in [0, 0.1) is 0 Å². The first kappa shape index (κ1) is 21.2. The Morgan fingerprint density at radius 1 is 0.929 bits per heavy atom. The van der Waals surface area contributed by atoms with Gasteiger partial charge in [0.25, 0.3) is 5.91 Å². The maximum atomic E-state index is 12.0. The summed E-state index contributed by atoms with van der Waals surface area (Å²) in [5, 5.41) is 3.04. The van der Waals surface area contributed by atoms with Crippen molar-refractivity contribution in [1.82, 2.24) is 10.9 Å². The number of ether oxygens (including phenoxy) is 1. The van der Waals surface area contributed by atoms with Crippen LogP contribution in [0.1, 0.15) is 36.5 Å². The number of benzene rings is 2. The molecule has 0 fully saturated rings. The number of anilines is 1. The van der Waals surface area contributed by atoms with Gasteiger partial charge in [-0.2, -0.15) is 0 Å². The number of hydrogen-bond acceptors (Lipinski definition) is 4. The monoisotopic (exact) mass is 403 g/mol. The minimum atomic E-state index is -0.481. The zero-order valence-corrected chi connectivity index (χ0v) is 16.2. The SMILES string of the molecule is CCCOc1ccc(C(=O)NNC(=O)CCC(=O)Nc2ccccc2Cl)cc1. The number of para-hydroxylation sites is 1. The highest BCUT2D eigenvalue weighted by molar-refractivity contribution is 6.33. The Morgan fingerprint density at radius 2 is 1.61 bits per heavy atom. The lowest BCUT2D eigenvalue weighted by atomic mass is 10.2. The van der Waals surface area contributed by atoms with Crippen molar-refractivity contribution in [2.45, 2.75) is 26.2 Å². The summed E-state index contributed by atoms with van der Waals surface area (Å²) >= 11 is 5.96.